The summed E-state index contributed by atoms with van der Waals surface area (Å²) in [5, 5.41) is 19.7. The molecule has 0 heterocycles. The van der Waals surface area contributed by atoms with Crippen LogP contribution in [0.25, 0.3) is 0 Å². The molecule has 0 saturated heterocycles. The molecule has 1 rings (SSSR count). The smallest absolute Gasteiger partial charge is 0.328 e. The third kappa shape index (κ3) is 6.33. The molecule has 5 N–H and O–H groups in total. The van der Waals surface area contributed by atoms with Gasteiger partial charge in [0.2, 0.25) is 5.91 Å². The van der Waals surface area contributed by atoms with Crippen molar-refractivity contribution < 1.29 is 29.3 Å². The predicted molar refractivity (Wildman–Crippen MR) is 75.9 cm³/mol. The molecule has 0 unspecified atom stereocenters. The van der Waals surface area contributed by atoms with Crippen molar-refractivity contribution in [1.29, 1.82) is 0 Å². The minimum absolute atomic E-state index is 0.196. The fourth-order valence-electron chi connectivity index (χ4n) is 1.60. The van der Waals surface area contributed by atoms with Gasteiger partial charge in [-0.15, -0.1) is 0 Å². The molecule has 0 aromatic heterocycles. The molecule has 2 atom stereocenters. The summed E-state index contributed by atoms with van der Waals surface area (Å²) in [4.78, 5) is 33.1. The van der Waals surface area contributed by atoms with E-state index in [4.69, 9.17) is 20.7 Å². The number of hydrogen-bond donors (Lipinski definition) is 4. The Kier molecular flexibility index (Phi) is 7.00. The summed E-state index contributed by atoms with van der Waals surface area (Å²) in [6.07, 6.45) is -0.580. The average Bonchev–Trinajstić information content (AvgIpc) is 2.46. The summed E-state index contributed by atoms with van der Waals surface area (Å²) < 4.78 is 5.25. The molecule has 1 aromatic rings. The molecule has 1 aromatic carbocycles. The first kappa shape index (κ1) is 17.6. The highest BCUT2D eigenvalue weighted by atomic mass is 16.5. The lowest BCUT2D eigenvalue weighted by Crippen LogP contribution is -2.50. The molecular formula is C14H18N2O6. The van der Waals surface area contributed by atoms with Gasteiger partial charge in [0, 0.05) is 0 Å². The van der Waals surface area contributed by atoms with E-state index < -0.39 is 36.4 Å². The molecule has 1 amide bonds. The number of ether oxygens (including phenoxy) is 1. The molecule has 0 aliphatic rings. The van der Waals surface area contributed by atoms with Gasteiger partial charge in [-0.1, -0.05) is 30.3 Å². The second-order valence-corrected chi connectivity index (χ2v) is 4.60. The topological polar surface area (TPSA) is 139 Å². The minimum atomic E-state index is -1.31. The molecule has 8 nitrogen and oxygen atoms in total. The summed E-state index contributed by atoms with van der Waals surface area (Å²) >= 11 is 0. The molecule has 8 heteroatoms. The maximum atomic E-state index is 11.6. The van der Waals surface area contributed by atoms with Crippen LogP contribution in [0.3, 0.4) is 0 Å². The highest BCUT2D eigenvalue weighted by molar-refractivity contribution is 5.89. The van der Waals surface area contributed by atoms with Crippen LogP contribution < -0.4 is 11.1 Å². The van der Waals surface area contributed by atoms with E-state index in [0.29, 0.717) is 0 Å². The minimum Gasteiger partial charge on any atom is -0.481 e. The van der Waals surface area contributed by atoms with E-state index >= 15 is 0 Å². The van der Waals surface area contributed by atoms with E-state index in [1.807, 2.05) is 30.3 Å². The third-order valence-corrected chi connectivity index (χ3v) is 2.74. The number of carbonyl (C=O) groups is 3. The second kappa shape index (κ2) is 8.75. The number of nitrogens with one attached hydrogen (secondary N) is 1. The Labute approximate surface area is 126 Å². The molecule has 0 spiro atoms. The van der Waals surface area contributed by atoms with Crippen LogP contribution in [0, 0.1) is 0 Å². The van der Waals surface area contributed by atoms with Crippen molar-refractivity contribution in [3.05, 3.63) is 35.9 Å². The number of rotatable bonds is 9. The Bertz CT molecular complexity index is 519. The van der Waals surface area contributed by atoms with Crippen LogP contribution in [0.4, 0.5) is 0 Å². The zero-order chi connectivity index (χ0) is 16.5. The highest BCUT2D eigenvalue weighted by Crippen LogP contribution is 2.01. The lowest BCUT2D eigenvalue weighted by Gasteiger charge is -2.17. The third-order valence-electron chi connectivity index (χ3n) is 2.74. The van der Waals surface area contributed by atoms with Crippen molar-refractivity contribution >= 4 is 17.8 Å². The quantitative estimate of drug-likeness (QED) is 0.485. The van der Waals surface area contributed by atoms with Gasteiger partial charge in [-0.2, -0.15) is 0 Å². The number of benzene rings is 1. The Morgan fingerprint density at radius 2 is 1.82 bits per heavy atom. The van der Waals surface area contributed by atoms with Crippen LogP contribution in [0.2, 0.25) is 0 Å². The molecule has 120 valence electrons. The molecule has 22 heavy (non-hydrogen) atoms. The first-order chi connectivity index (χ1) is 10.4. The van der Waals surface area contributed by atoms with Crippen molar-refractivity contribution in [1.82, 2.24) is 5.32 Å². The van der Waals surface area contributed by atoms with Crippen molar-refractivity contribution in [2.24, 2.45) is 5.73 Å². The summed E-state index contributed by atoms with van der Waals surface area (Å²) in [6.45, 7) is -0.0581. The zero-order valence-electron chi connectivity index (χ0n) is 11.8. The molecule has 0 aliphatic carbocycles. The van der Waals surface area contributed by atoms with E-state index in [1.165, 1.54) is 0 Å². The van der Waals surface area contributed by atoms with Gasteiger partial charge in [-0.25, -0.2) is 4.79 Å². The number of carbonyl (C=O) groups excluding carboxylic acids is 1. The second-order valence-electron chi connectivity index (χ2n) is 4.60. The fraction of sp³-hybridized carbons (Fsp3) is 0.357. The van der Waals surface area contributed by atoms with Gasteiger partial charge in [0.25, 0.3) is 0 Å². The van der Waals surface area contributed by atoms with Gasteiger partial charge in [-0.3, -0.25) is 9.59 Å². The van der Waals surface area contributed by atoms with Crippen molar-refractivity contribution in [2.75, 3.05) is 6.61 Å². The van der Waals surface area contributed by atoms with Crippen LogP contribution in [-0.2, 0) is 25.7 Å². The lowest BCUT2D eigenvalue weighted by atomic mass is 10.2. The SMILES string of the molecule is N[C@@H](CC(=O)O)C(=O)N[C@H](COCc1ccccc1)C(=O)O. The Morgan fingerprint density at radius 3 is 2.36 bits per heavy atom. The average molecular weight is 310 g/mol. The van der Waals surface area contributed by atoms with Crippen LogP contribution in [-0.4, -0.2) is 46.7 Å². The normalized spacial score (nSPS) is 13.1. The van der Waals surface area contributed by atoms with E-state index in [9.17, 15) is 14.4 Å². The molecule has 0 bridgehead atoms. The molecule has 0 radical (unpaired) electrons. The van der Waals surface area contributed by atoms with E-state index in [2.05, 4.69) is 5.32 Å². The number of aliphatic carboxylic acids is 2. The molecule has 0 aliphatic heterocycles. The monoisotopic (exact) mass is 310 g/mol. The first-order valence-corrected chi connectivity index (χ1v) is 6.52. The van der Waals surface area contributed by atoms with Gasteiger partial charge in [0.05, 0.1) is 25.7 Å². The number of hydrogen-bond acceptors (Lipinski definition) is 5. The van der Waals surface area contributed by atoms with Gasteiger partial charge >= 0.3 is 11.9 Å². The molecule has 0 saturated carbocycles. The lowest BCUT2D eigenvalue weighted by molar-refractivity contribution is -0.144. The Morgan fingerprint density at radius 1 is 1.18 bits per heavy atom. The first-order valence-electron chi connectivity index (χ1n) is 6.52. The fourth-order valence-corrected chi connectivity index (χ4v) is 1.60. The summed E-state index contributed by atoms with van der Waals surface area (Å²) in [7, 11) is 0. The van der Waals surface area contributed by atoms with Gasteiger partial charge in [0.15, 0.2) is 6.04 Å². The highest BCUT2D eigenvalue weighted by Gasteiger charge is 2.24. The standard InChI is InChI=1S/C14H18N2O6/c15-10(6-12(17)18)13(19)16-11(14(20)21)8-22-7-9-4-2-1-3-5-9/h1-5,10-11H,6-8,15H2,(H,16,19)(H,17,18)(H,20,21)/t10-,11+/m0/s1. The van der Waals surface area contributed by atoms with Crippen molar-refractivity contribution in [3.8, 4) is 0 Å². The summed E-state index contributed by atoms with van der Waals surface area (Å²) in [6, 6.07) is 6.51. The molecule has 0 fully saturated rings. The van der Waals surface area contributed by atoms with E-state index in [-0.39, 0.29) is 13.2 Å². The van der Waals surface area contributed by atoms with Crippen LogP contribution in [0.5, 0.6) is 0 Å². The van der Waals surface area contributed by atoms with Gasteiger partial charge in [-0.05, 0) is 5.56 Å². The Balaban J connectivity index is 2.46. The summed E-state index contributed by atoms with van der Waals surface area (Å²) in [5.74, 6) is -3.38. The van der Waals surface area contributed by atoms with Crippen molar-refractivity contribution in [2.45, 2.75) is 25.1 Å². The number of carboxylic acids is 2. The maximum Gasteiger partial charge on any atom is 0.328 e. The molecular weight excluding hydrogens is 292 g/mol. The number of carboxylic acid groups (broad SMARTS) is 2. The van der Waals surface area contributed by atoms with Crippen LogP contribution in [0.1, 0.15) is 12.0 Å². The van der Waals surface area contributed by atoms with Crippen molar-refractivity contribution in [3.63, 3.8) is 0 Å². The van der Waals surface area contributed by atoms with E-state index in [0.717, 1.165) is 5.56 Å². The zero-order valence-corrected chi connectivity index (χ0v) is 11.8. The van der Waals surface area contributed by atoms with Crippen LogP contribution in [0.15, 0.2) is 30.3 Å². The number of nitrogens with two attached hydrogens (primary N) is 1. The summed E-state index contributed by atoms with van der Waals surface area (Å²) in [5.41, 5.74) is 6.22. The predicted octanol–water partition coefficient (Wildman–Crippen LogP) is -0.425. The number of amides is 1. The largest absolute Gasteiger partial charge is 0.481 e. The van der Waals surface area contributed by atoms with Gasteiger partial charge < -0.3 is 26.0 Å². The maximum absolute atomic E-state index is 11.6. The van der Waals surface area contributed by atoms with Crippen LogP contribution >= 0.6 is 0 Å². The van der Waals surface area contributed by atoms with E-state index in [1.54, 1.807) is 0 Å². The van der Waals surface area contributed by atoms with Gasteiger partial charge in [0.1, 0.15) is 0 Å². The Hall–Kier alpha value is -2.45.